The summed E-state index contributed by atoms with van der Waals surface area (Å²) in [5.74, 6) is 0. The molecule has 1 aliphatic rings. The van der Waals surface area contributed by atoms with Gasteiger partial charge >= 0.3 is 6.18 Å². The molecule has 0 saturated carbocycles. The van der Waals surface area contributed by atoms with Crippen LogP contribution in [0.15, 0.2) is 5.10 Å². The highest BCUT2D eigenvalue weighted by Gasteiger charge is 2.48. The Morgan fingerprint density at radius 3 is 2.57 bits per heavy atom. The van der Waals surface area contributed by atoms with Crippen LogP contribution in [-0.4, -0.2) is 48.9 Å². The van der Waals surface area contributed by atoms with E-state index in [-0.39, 0.29) is 13.0 Å². The van der Waals surface area contributed by atoms with Crippen molar-refractivity contribution in [3.05, 3.63) is 0 Å². The van der Waals surface area contributed by atoms with Crippen LogP contribution in [0.25, 0.3) is 0 Å². The Hall–Kier alpha value is -1.01. The number of hydrazone groups is 1. The Kier molecular flexibility index (Phi) is 3.17. The van der Waals surface area contributed by atoms with Gasteiger partial charge in [0.25, 0.3) is 0 Å². The smallest absolute Gasteiger partial charge is 0.326 e. The number of nitrogens with zero attached hydrogens (tertiary/aromatic N) is 3. The fraction of sp³-hybridized carbons (Fsp3) is 0.857. The Bertz CT molecular complexity index is 215. The van der Waals surface area contributed by atoms with Gasteiger partial charge in [0, 0.05) is 13.6 Å². The summed E-state index contributed by atoms with van der Waals surface area (Å²) in [7, 11) is 1.23. The third-order valence-corrected chi connectivity index (χ3v) is 1.79. The summed E-state index contributed by atoms with van der Waals surface area (Å²) in [5.41, 5.74) is 0. The standard InChI is InChI=1S/C7H10F4N3/c1-13-5-12-14(4-2-3-8)6(13)7(9,10)11/h6H,2-4H2,1H3. The Morgan fingerprint density at radius 1 is 1.43 bits per heavy atom. The Balaban J connectivity index is 2.62. The predicted octanol–water partition coefficient (Wildman–Crippen LogP) is 1.30. The Labute approximate surface area is 79.0 Å². The van der Waals surface area contributed by atoms with E-state index in [9.17, 15) is 17.6 Å². The number of hydrogen-bond donors (Lipinski definition) is 0. The maximum Gasteiger partial charge on any atom is 0.429 e. The van der Waals surface area contributed by atoms with Crippen molar-refractivity contribution in [1.29, 1.82) is 0 Å². The molecule has 0 N–H and O–H groups in total. The largest absolute Gasteiger partial charge is 0.429 e. The zero-order valence-electron chi connectivity index (χ0n) is 7.55. The SMILES string of the molecule is CN1[C]=NN(CCCF)C1C(F)(F)F. The minimum absolute atomic E-state index is 0.0333. The van der Waals surface area contributed by atoms with Crippen LogP contribution in [0.4, 0.5) is 17.6 Å². The first-order chi connectivity index (χ1) is 6.46. The van der Waals surface area contributed by atoms with E-state index in [0.29, 0.717) is 0 Å². The van der Waals surface area contributed by atoms with Gasteiger partial charge in [-0.3, -0.25) is 9.40 Å². The highest BCUT2D eigenvalue weighted by molar-refractivity contribution is 5.56. The van der Waals surface area contributed by atoms with E-state index < -0.39 is 19.0 Å². The molecule has 1 atom stereocenters. The maximum atomic E-state index is 12.4. The van der Waals surface area contributed by atoms with Crippen molar-refractivity contribution in [3.8, 4) is 0 Å². The topological polar surface area (TPSA) is 18.8 Å². The van der Waals surface area contributed by atoms with Crippen molar-refractivity contribution < 1.29 is 17.6 Å². The van der Waals surface area contributed by atoms with E-state index in [2.05, 4.69) is 11.4 Å². The van der Waals surface area contributed by atoms with Gasteiger partial charge in [0.05, 0.1) is 6.67 Å². The normalized spacial score (nSPS) is 22.2. The number of rotatable bonds is 3. The first kappa shape index (κ1) is 11.1. The zero-order chi connectivity index (χ0) is 10.8. The third kappa shape index (κ3) is 2.27. The predicted molar refractivity (Wildman–Crippen MR) is 42.3 cm³/mol. The fourth-order valence-corrected chi connectivity index (χ4v) is 1.22. The average Bonchev–Trinajstić information content (AvgIpc) is 2.42. The van der Waals surface area contributed by atoms with Crippen molar-refractivity contribution in [2.24, 2.45) is 5.10 Å². The summed E-state index contributed by atoms with van der Waals surface area (Å²) < 4.78 is 49.0. The zero-order valence-corrected chi connectivity index (χ0v) is 7.55. The molecule has 0 aromatic heterocycles. The van der Waals surface area contributed by atoms with E-state index in [1.54, 1.807) is 0 Å². The maximum absolute atomic E-state index is 12.4. The molecule has 0 fully saturated rings. The second-order valence-electron chi connectivity index (χ2n) is 2.93. The number of hydrogen-bond acceptors (Lipinski definition) is 3. The van der Waals surface area contributed by atoms with E-state index in [1.807, 2.05) is 0 Å². The summed E-state index contributed by atoms with van der Waals surface area (Å²) in [4.78, 5) is 0.832. The van der Waals surface area contributed by atoms with Crippen LogP contribution in [0.5, 0.6) is 0 Å². The van der Waals surface area contributed by atoms with Crippen LogP contribution in [-0.2, 0) is 0 Å². The molecule has 1 aliphatic heterocycles. The molecule has 81 valence electrons. The lowest BCUT2D eigenvalue weighted by molar-refractivity contribution is -0.204. The van der Waals surface area contributed by atoms with Crippen LogP contribution >= 0.6 is 0 Å². The van der Waals surface area contributed by atoms with Gasteiger partial charge in [0.1, 0.15) is 0 Å². The molecule has 0 bridgehead atoms. The summed E-state index contributed by atoms with van der Waals surface area (Å²) in [6, 6.07) is 0. The molecule has 14 heavy (non-hydrogen) atoms. The van der Waals surface area contributed by atoms with Gasteiger partial charge in [0.15, 0.2) is 6.34 Å². The van der Waals surface area contributed by atoms with Gasteiger partial charge in [-0.15, -0.1) is 0 Å². The third-order valence-electron chi connectivity index (χ3n) is 1.79. The van der Waals surface area contributed by atoms with Crippen molar-refractivity contribution in [3.63, 3.8) is 0 Å². The molecular weight excluding hydrogens is 202 g/mol. The van der Waals surface area contributed by atoms with Gasteiger partial charge in [-0.25, -0.2) is 0 Å². The highest BCUT2D eigenvalue weighted by Crippen LogP contribution is 2.29. The van der Waals surface area contributed by atoms with E-state index in [0.717, 1.165) is 9.91 Å². The minimum Gasteiger partial charge on any atom is -0.326 e. The van der Waals surface area contributed by atoms with Crippen LogP contribution in [0.3, 0.4) is 0 Å². The molecule has 1 radical (unpaired) electrons. The van der Waals surface area contributed by atoms with Gasteiger partial charge in [0.2, 0.25) is 6.17 Å². The van der Waals surface area contributed by atoms with Gasteiger partial charge < -0.3 is 4.90 Å². The lowest BCUT2D eigenvalue weighted by atomic mass is 10.4. The van der Waals surface area contributed by atoms with Crippen LogP contribution in [0.1, 0.15) is 6.42 Å². The lowest BCUT2D eigenvalue weighted by Crippen LogP contribution is -2.48. The molecule has 0 aromatic rings. The van der Waals surface area contributed by atoms with E-state index in [4.69, 9.17) is 0 Å². The molecule has 0 aliphatic carbocycles. The van der Waals surface area contributed by atoms with E-state index in [1.165, 1.54) is 7.05 Å². The quantitative estimate of drug-likeness (QED) is 0.657. The average molecular weight is 212 g/mol. The Morgan fingerprint density at radius 2 is 2.07 bits per heavy atom. The fourth-order valence-electron chi connectivity index (χ4n) is 1.22. The van der Waals surface area contributed by atoms with Gasteiger partial charge in [-0.2, -0.15) is 18.3 Å². The van der Waals surface area contributed by atoms with Crippen LogP contribution in [0.2, 0.25) is 0 Å². The first-order valence-electron chi connectivity index (χ1n) is 4.05. The highest BCUT2D eigenvalue weighted by atomic mass is 19.4. The summed E-state index contributed by atoms with van der Waals surface area (Å²) in [6.45, 7) is -0.710. The number of alkyl halides is 4. The van der Waals surface area contributed by atoms with Crippen LogP contribution in [0, 0.1) is 0 Å². The van der Waals surface area contributed by atoms with Crippen molar-refractivity contribution in [1.82, 2.24) is 9.91 Å². The molecule has 3 nitrogen and oxygen atoms in total. The van der Waals surface area contributed by atoms with Crippen molar-refractivity contribution >= 4 is 6.34 Å². The molecule has 1 unspecified atom stereocenters. The second kappa shape index (κ2) is 4.02. The van der Waals surface area contributed by atoms with E-state index >= 15 is 0 Å². The minimum atomic E-state index is -4.40. The summed E-state index contributed by atoms with van der Waals surface area (Å²) in [5, 5.41) is 4.22. The molecule has 1 rings (SSSR count). The summed E-state index contributed by atoms with van der Waals surface area (Å²) >= 11 is 0. The molecule has 0 aromatic carbocycles. The monoisotopic (exact) mass is 212 g/mol. The molecule has 0 amide bonds. The molecular formula is C7H10F4N3. The molecule has 0 spiro atoms. The molecule has 7 heteroatoms. The van der Waals surface area contributed by atoms with Gasteiger partial charge in [-0.05, 0) is 6.42 Å². The second-order valence-corrected chi connectivity index (χ2v) is 2.93. The molecule has 0 saturated heterocycles. The first-order valence-corrected chi connectivity index (χ1v) is 4.05. The van der Waals surface area contributed by atoms with Crippen molar-refractivity contribution in [2.75, 3.05) is 20.3 Å². The summed E-state index contributed by atoms with van der Waals surface area (Å²) in [6.07, 6.45) is -4.01. The van der Waals surface area contributed by atoms with Gasteiger partial charge in [-0.1, -0.05) is 0 Å². The van der Waals surface area contributed by atoms with Crippen molar-refractivity contribution in [2.45, 2.75) is 18.8 Å². The lowest BCUT2D eigenvalue weighted by Gasteiger charge is -2.29. The molecule has 1 heterocycles. The number of halogens is 4. The van der Waals surface area contributed by atoms with Crippen LogP contribution < -0.4 is 0 Å².